The van der Waals surface area contributed by atoms with Crippen molar-refractivity contribution in [3.63, 3.8) is 0 Å². The van der Waals surface area contributed by atoms with Crippen LogP contribution in [0.1, 0.15) is 20.8 Å². The molecule has 1 atom stereocenters. The van der Waals surface area contributed by atoms with Crippen molar-refractivity contribution in [2.45, 2.75) is 26.9 Å². The zero-order valence-corrected chi connectivity index (χ0v) is 15.0. The van der Waals surface area contributed by atoms with Crippen LogP contribution in [0.3, 0.4) is 0 Å². The van der Waals surface area contributed by atoms with Gasteiger partial charge in [-0.2, -0.15) is 0 Å². The van der Waals surface area contributed by atoms with E-state index in [0.29, 0.717) is 17.0 Å². The minimum absolute atomic E-state index is 0.173. The minimum atomic E-state index is -1.18. The number of hydrogen-bond acceptors (Lipinski definition) is 5. The zero-order valence-electron chi connectivity index (χ0n) is 14.2. The lowest BCUT2D eigenvalue weighted by Crippen LogP contribution is -2.32. The molecule has 0 radical (unpaired) electrons. The van der Waals surface area contributed by atoms with E-state index in [1.807, 2.05) is 13.8 Å². The molecule has 132 valence electrons. The number of rotatable bonds is 7. The molecule has 7 heteroatoms. The van der Waals surface area contributed by atoms with Crippen molar-refractivity contribution in [1.82, 2.24) is 0 Å². The van der Waals surface area contributed by atoms with E-state index >= 15 is 0 Å². The molecule has 0 saturated carbocycles. The molecule has 1 aromatic rings. The van der Waals surface area contributed by atoms with Crippen LogP contribution >= 0.6 is 11.6 Å². The van der Waals surface area contributed by atoms with E-state index in [1.165, 1.54) is 7.11 Å². The Kier molecular flexibility index (Phi) is 7.58. The van der Waals surface area contributed by atoms with Gasteiger partial charge in [-0.3, -0.25) is 5.32 Å². The SMILES string of the molecule is C=C(C)C(OC(=O)Nc1ccc(OC)cc1Cl)C(=O)OCC(C)C. The number of carbonyl (C=O) groups is 2. The van der Waals surface area contributed by atoms with Gasteiger partial charge in [-0.15, -0.1) is 0 Å². The lowest BCUT2D eigenvalue weighted by atomic mass is 10.2. The molecule has 24 heavy (non-hydrogen) atoms. The second-order valence-corrected chi connectivity index (χ2v) is 6.03. The van der Waals surface area contributed by atoms with Crippen molar-refractivity contribution < 1.29 is 23.8 Å². The molecule has 1 unspecified atom stereocenters. The Hall–Kier alpha value is -2.21. The minimum Gasteiger partial charge on any atom is -0.497 e. The summed E-state index contributed by atoms with van der Waals surface area (Å²) >= 11 is 6.04. The number of hydrogen-bond donors (Lipinski definition) is 1. The second kappa shape index (κ2) is 9.17. The third-order valence-corrected chi connectivity index (χ3v) is 3.17. The summed E-state index contributed by atoms with van der Waals surface area (Å²) in [5.74, 6) is 0.0647. The molecule has 1 amide bonds. The molecule has 0 saturated heterocycles. The van der Waals surface area contributed by atoms with Crippen LogP contribution in [0.5, 0.6) is 5.75 Å². The molecule has 1 aromatic carbocycles. The summed E-state index contributed by atoms with van der Waals surface area (Å²) in [4.78, 5) is 24.0. The maximum Gasteiger partial charge on any atom is 0.412 e. The van der Waals surface area contributed by atoms with Gasteiger partial charge in [0.25, 0.3) is 0 Å². The fraction of sp³-hybridized carbons (Fsp3) is 0.412. The number of amides is 1. The smallest absolute Gasteiger partial charge is 0.412 e. The second-order valence-electron chi connectivity index (χ2n) is 5.63. The molecule has 0 aliphatic rings. The third kappa shape index (κ3) is 6.12. The molecule has 0 fully saturated rings. The highest BCUT2D eigenvalue weighted by Gasteiger charge is 2.26. The maximum atomic E-state index is 12.0. The van der Waals surface area contributed by atoms with Crippen LogP contribution in [0.15, 0.2) is 30.4 Å². The Bertz CT molecular complexity index is 615. The highest BCUT2D eigenvalue weighted by atomic mass is 35.5. The normalized spacial score (nSPS) is 11.6. The first-order valence-corrected chi connectivity index (χ1v) is 7.75. The quantitative estimate of drug-likeness (QED) is 0.590. The molecule has 0 aliphatic carbocycles. The van der Waals surface area contributed by atoms with Crippen LogP contribution in [0.25, 0.3) is 0 Å². The lowest BCUT2D eigenvalue weighted by Gasteiger charge is -2.18. The van der Waals surface area contributed by atoms with Gasteiger partial charge in [0.2, 0.25) is 6.10 Å². The molecular formula is C17H22ClNO5. The molecule has 6 nitrogen and oxygen atoms in total. The number of methoxy groups -OCH3 is 1. The summed E-state index contributed by atoms with van der Waals surface area (Å²) in [5, 5.41) is 2.75. The lowest BCUT2D eigenvalue weighted by molar-refractivity contribution is -0.152. The van der Waals surface area contributed by atoms with Crippen LogP contribution < -0.4 is 10.1 Å². The van der Waals surface area contributed by atoms with Crippen molar-refractivity contribution in [1.29, 1.82) is 0 Å². The molecule has 0 aromatic heterocycles. The van der Waals surface area contributed by atoms with Gasteiger partial charge < -0.3 is 14.2 Å². The van der Waals surface area contributed by atoms with Crippen LogP contribution in [-0.4, -0.2) is 31.9 Å². The number of ether oxygens (including phenoxy) is 3. The third-order valence-electron chi connectivity index (χ3n) is 2.86. The van der Waals surface area contributed by atoms with E-state index in [1.54, 1.807) is 25.1 Å². The van der Waals surface area contributed by atoms with E-state index in [9.17, 15) is 9.59 Å². The van der Waals surface area contributed by atoms with Crippen LogP contribution in [0.4, 0.5) is 10.5 Å². The van der Waals surface area contributed by atoms with E-state index in [4.69, 9.17) is 25.8 Å². The van der Waals surface area contributed by atoms with Gasteiger partial charge in [0.05, 0.1) is 24.4 Å². The monoisotopic (exact) mass is 355 g/mol. The van der Waals surface area contributed by atoms with Crippen molar-refractivity contribution in [2.75, 3.05) is 19.0 Å². The Balaban J connectivity index is 2.72. The van der Waals surface area contributed by atoms with Crippen molar-refractivity contribution in [3.8, 4) is 5.75 Å². The molecule has 0 heterocycles. The largest absolute Gasteiger partial charge is 0.497 e. The first kappa shape index (κ1) is 19.8. The zero-order chi connectivity index (χ0) is 18.3. The molecule has 0 aliphatic heterocycles. The van der Waals surface area contributed by atoms with E-state index < -0.39 is 18.2 Å². The predicted octanol–water partition coefficient (Wildman–Crippen LogP) is 4.04. The summed E-state index contributed by atoms with van der Waals surface area (Å²) in [6, 6.07) is 4.74. The standard InChI is InChI=1S/C17H22ClNO5/c1-10(2)9-23-16(20)15(11(3)4)24-17(21)19-14-7-6-12(22-5)8-13(14)18/h6-8,10,15H,3,9H2,1-2,4-5H3,(H,19,21). The van der Waals surface area contributed by atoms with E-state index in [-0.39, 0.29) is 17.5 Å². The fourth-order valence-corrected chi connectivity index (χ4v) is 1.86. The topological polar surface area (TPSA) is 73.9 Å². The van der Waals surface area contributed by atoms with Gasteiger partial charge >= 0.3 is 12.1 Å². The Morgan fingerprint density at radius 1 is 1.33 bits per heavy atom. The van der Waals surface area contributed by atoms with E-state index in [2.05, 4.69) is 11.9 Å². The summed E-state index contributed by atoms with van der Waals surface area (Å²) in [5.41, 5.74) is 0.693. The first-order chi connectivity index (χ1) is 11.2. The maximum absolute atomic E-state index is 12.0. The van der Waals surface area contributed by atoms with Crippen molar-refractivity contribution in [3.05, 3.63) is 35.4 Å². The number of nitrogens with one attached hydrogen (secondary N) is 1. The van der Waals surface area contributed by atoms with Gasteiger partial charge in [-0.1, -0.05) is 32.0 Å². The molecule has 0 bridgehead atoms. The van der Waals surface area contributed by atoms with Gasteiger partial charge in [0, 0.05) is 6.07 Å². The fourth-order valence-electron chi connectivity index (χ4n) is 1.65. The molecule has 1 N–H and O–H groups in total. The Morgan fingerprint density at radius 2 is 2.00 bits per heavy atom. The number of halogens is 1. The average Bonchev–Trinajstić information content (AvgIpc) is 2.51. The van der Waals surface area contributed by atoms with Gasteiger partial charge in [0.15, 0.2) is 0 Å². The predicted molar refractivity (Wildman–Crippen MR) is 92.5 cm³/mol. The number of benzene rings is 1. The van der Waals surface area contributed by atoms with Gasteiger partial charge in [-0.25, -0.2) is 9.59 Å². The molecular weight excluding hydrogens is 334 g/mol. The van der Waals surface area contributed by atoms with Crippen LogP contribution in [-0.2, 0) is 14.3 Å². The van der Waals surface area contributed by atoms with Gasteiger partial charge in [0.1, 0.15) is 5.75 Å². The number of esters is 1. The van der Waals surface area contributed by atoms with Crippen molar-refractivity contribution in [2.24, 2.45) is 5.92 Å². The van der Waals surface area contributed by atoms with Crippen LogP contribution in [0.2, 0.25) is 5.02 Å². The van der Waals surface area contributed by atoms with E-state index in [0.717, 1.165) is 0 Å². The van der Waals surface area contributed by atoms with Crippen molar-refractivity contribution >= 4 is 29.4 Å². The summed E-state index contributed by atoms with van der Waals surface area (Å²) in [6.07, 6.45) is -2.02. The van der Waals surface area contributed by atoms with Gasteiger partial charge in [-0.05, 0) is 30.5 Å². The highest BCUT2D eigenvalue weighted by molar-refractivity contribution is 6.33. The average molecular weight is 356 g/mol. The Morgan fingerprint density at radius 3 is 2.50 bits per heavy atom. The first-order valence-electron chi connectivity index (χ1n) is 7.37. The Labute approximate surface area is 146 Å². The summed E-state index contributed by atoms with van der Waals surface area (Å²) < 4.78 is 15.2. The molecule has 1 rings (SSSR count). The highest BCUT2D eigenvalue weighted by Crippen LogP contribution is 2.26. The number of carbonyl (C=O) groups excluding carboxylic acids is 2. The summed E-state index contributed by atoms with van der Waals surface area (Å²) in [6.45, 7) is 9.28. The molecule has 0 spiro atoms. The van der Waals surface area contributed by atoms with Crippen LogP contribution in [0, 0.1) is 5.92 Å². The summed E-state index contributed by atoms with van der Waals surface area (Å²) in [7, 11) is 1.51. The number of anilines is 1.